The maximum absolute atomic E-state index is 2.53. The Labute approximate surface area is 677 Å². The molecule has 0 saturated heterocycles. The van der Waals surface area contributed by atoms with Crippen LogP contribution in [0.2, 0.25) is 0 Å². The second-order valence-corrected chi connectivity index (χ2v) is 31.9. The van der Waals surface area contributed by atoms with Crippen molar-refractivity contribution in [1.82, 2.24) is 0 Å². The lowest BCUT2D eigenvalue weighted by Gasteiger charge is -2.33. The highest BCUT2D eigenvalue weighted by Gasteiger charge is 2.42. The predicted molar refractivity (Wildman–Crippen MR) is 493 cm³/mol. The second kappa shape index (κ2) is 38.2. The van der Waals surface area contributed by atoms with Gasteiger partial charge in [-0.25, -0.2) is 0 Å². The van der Waals surface area contributed by atoms with E-state index in [0.29, 0.717) is 0 Å². The van der Waals surface area contributed by atoms with Crippen molar-refractivity contribution in [2.24, 2.45) is 0 Å². The Hall–Kier alpha value is -11.4. The molecule has 0 unspecified atom stereocenters. The number of anilines is 3. The Balaban J connectivity index is 0.000000143. The molecule has 1 nitrogen and oxygen atoms in total. The van der Waals surface area contributed by atoms with Crippen molar-refractivity contribution < 1.29 is 0 Å². The molecule has 1 heteroatoms. The van der Waals surface area contributed by atoms with Gasteiger partial charge >= 0.3 is 0 Å². The second-order valence-electron chi connectivity index (χ2n) is 31.9. The standard InChI is InChI=1S/C46H32.C31H46.C20H19N.C8H10.C7H8/c1-29-17-21-33(22-18-29)41-37-15-9-10-16-38(37)42(34-23-19-30(2)20-24-34)46-40-28-26-36(32-13-7-4-8-14-32)43-35(31-11-5-3-6-12-31)25-27-39(44(40)43)45(41)46;1-5-7-9-11-13-15-21-31(22-16-14-12-10-8-6-2)29-23-25(3)17-19-27(29)28-20-18-26(4)24-30(28)31;1-16-8-12-19(13-9-16)21(18-6-4-3-5-7-18)20-14-10-17(2)11-15-20;1-7-3-5-8(2)6-4-7;1-7-5-3-2-4-6-7/h3-28H,1-2H3;17-20,23-24H,5-16,21-22H2,1-4H3;3-15H,1-2H3;3-6H,1-2H3;2-6H,1H3. The summed E-state index contributed by atoms with van der Waals surface area (Å²) in [4.78, 5) is 2.28. The van der Waals surface area contributed by atoms with Crippen LogP contribution in [0.3, 0.4) is 0 Å². The molecule has 0 fully saturated rings. The Kier molecular flexibility index (Phi) is 27.0. The first-order valence-electron chi connectivity index (χ1n) is 41.9. The minimum atomic E-state index is 0.234. The van der Waals surface area contributed by atoms with Crippen molar-refractivity contribution in [2.75, 3.05) is 4.90 Å². The van der Waals surface area contributed by atoms with Gasteiger partial charge < -0.3 is 4.90 Å². The molecule has 0 aromatic heterocycles. The average molecular weight is 1480 g/mol. The van der Waals surface area contributed by atoms with Crippen molar-refractivity contribution in [3.05, 3.63) is 389 Å². The minimum Gasteiger partial charge on any atom is -0.311 e. The summed E-state index contributed by atoms with van der Waals surface area (Å²) in [6, 6.07) is 119. The van der Waals surface area contributed by atoms with Crippen molar-refractivity contribution in [1.29, 1.82) is 0 Å². The molecule has 15 aromatic carbocycles. The van der Waals surface area contributed by atoms with E-state index in [2.05, 4.69) is 384 Å². The minimum absolute atomic E-state index is 0.234. The number of hydrogen-bond acceptors (Lipinski definition) is 1. The highest BCUT2D eigenvalue weighted by Crippen LogP contribution is 2.60. The third kappa shape index (κ3) is 18.9. The molecular weight excluding hydrogens is 1360 g/mol. The maximum atomic E-state index is 2.53. The fourth-order valence-corrected chi connectivity index (χ4v) is 17.0. The summed E-state index contributed by atoms with van der Waals surface area (Å²) in [6.45, 7) is 24.0. The van der Waals surface area contributed by atoms with Gasteiger partial charge in [-0.3, -0.25) is 0 Å². The molecule has 0 aliphatic heterocycles. The molecule has 0 heterocycles. The summed E-state index contributed by atoms with van der Waals surface area (Å²) >= 11 is 0. The lowest BCUT2D eigenvalue weighted by Crippen LogP contribution is -2.25. The van der Waals surface area contributed by atoms with E-state index in [4.69, 9.17) is 0 Å². The van der Waals surface area contributed by atoms with Gasteiger partial charge in [0, 0.05) is 22.5 Å². The van der Waals surface area contributed by atoms with Crippen molar-refractivity contribution in [2.45, 2.75) is 171 Å². The third-order valence-corrected chi connectivity index (χ3v) is 23.1. The fourth-order valence-electron chi connectivity index (χ4n) is 17.0. The van der Waals surface area contributed by atoms with Crippen LogP contribution in [-0.4, -0.2) is 0 Å². The van der Waals surface area contributed by atoms with Crippen LogP contribution in [0.4, 0.5) is 17.1 Å². The summed E-state index contributed by atoms with van der Waals surface area (Å²) in [5.74, 6) is 0. The monoisotopic (exact) mass is 1470 g/mol. The van der Waals surface area contributed by atoms with E-state index in [1.807, 2.05) is 24.3 Å². The summed E-state index contributed by atoms with van der Waals surface area (Å²) in [5.41, 5.74) is 37.4. The quantitative estimate of drug-likeness (QED) is 0.0648. The van der Waals surface area contributed by atoms with Gasteiger partial charge in [0.25, 0.3) is 0 Å². The SMILES string of the molecule is CCCCCCCCC1(CCCCCCCC)c2cc(C)ccc2-c2ccc(C)cc21.Cc1ccc(-c2c3c(c(-c4ccc(C)cc4)c4ccccc24)-c2ccc(-c4ccccc4)c4c(-c5ccccc5)ccc-3c24)cc1.Cc1ccc(C)cc1.Cc1ccc(N(c2ccccc2)c2ccc(C)cc2)cc1.Cc1ccccc1. The summed E-state index contributed by atoms with van der Waals surface area (Å²) < 4.78 is 0. The molecule has 0 N–H and O–H groups in total. The van der Waals surface area contributed by atoms with E-state index >= 15 is 0 Å². The molecule has 0 radical (unpaired) electrons. The zero-order chi connectivity index (χ0) is 78.6. The first-order chi connectivity index (χ1) is 55.2. The van der Waals surface area contributed by atoms with Crippen molar-refractivity contribution in [3.63, 3.8) is 0 Å². The number of hydrogen-bond donors (Lipinski definition) is 0. The molecule has 0 saturated carbocycles. The molecular formula is C112H115N. The molecule has 15 aromatic rings. The summed E-state index contributed by atoms with van der Waals surface area (Å²) in [7, 11) is 0. The average Bonchev–Trinajstić information content (AvgIpc) is 1.54. The molecule has 0 atom stereocenters. The van der Waals surface area contributed by atoms with E-state index < -0.39 is 0 Å². The van der Waals surface area contributed by atoms with Crippen LogP contribution in [0.5, 0.6) is 0 Å². The van der Waals surface area contributed by atoms with Gasteiger partial charge in [0.05, 0.1) is 0 Å². The maximum Gasteiger partial charge on any atom is 0.0461 e. The Morgan fingerprint density at radius 3 is 0.850 bits per heavy atom. The zero-order valence-corrected chi connectivity index (χ0v) is 69.0. The van der Waals surface area contributed by atoms with Crippen LogP contribution >= 0.6 is 0 Å². The Morgan fingerprint density at radius 2 is 0.487 bits per heavy atom. The van der Waals surface area contributed by atoms with E-state index in [1.165, 1.54) is 256 Å². The topological polar surface area (TPSA) is 3.24 Å². The number of nitrogens with zero attached hydrogens (tertiary/aromatic N) is 1. The molecule has 2 aliphatic carbocycles. The Bertz CT molecular complexity index is 5250. The number of para-hydroxylation sites is 1. The van der Waals surface area contributed by atoms with Gasteiger partial charge in [-0.15, -0.1) is 0 Å². The molecule has 2 aliphatic rings. The smallest absolute Gasteiger partial charge is 0.0461 e. The zero-order valence-electron chi connectivity index (χ0n) is 69.0. The van der Waals surface area contributed by atoms with Gasteiger partial charge in [-0.2, -0.15) is 0 Å². The van der Waals surface area contributed by atoms with Gasteiger partial charge in [0.2, 0.25) is 0 Å². The van der Waals surface area contributed by atoms with Crippen molar-refractivity contribution in [3.8, 4) is 77.9 Å². The molecule has 17 rings (SSSR count). The largest absolute Gasteiger partial charge is 0.311 e. The molecule has 0 amide bonds. The normalized spacial score (nSPS) is 11.7. The number of unbranched alkanes of at least 4 members (excludes halogenated alkanes) is 10. The summed E-state index contributed by atoms with van der Waals surface area (Å²) in [5, 5.41) is 5.24. The number of benzene rings is 15. The summed E-state index contributed by atoms with van der Waals surface area (Å²) in [6.07, 6.45) is 19.2. The predicted octanol–water partition coefficient (Wildman–Crippen LogP) is 33.1. The van der Waals surface area contributed by atoms with Crippen LogP contribution in [0.1, 0.15) is 165 Å². The lowest BCUT2D eigenvalue weighted by atomic mass is 9.70. The lowest BCUT2D eigenvalue weighted by molar-refractivity contribution is 0.397. The Morgan fingerprint density at radius 1 is 0.212 bits per heavy atom. The van der Waals surface area contributed by atoms with Gasteiger partial charge in [0.1, 0.15) is 0 Å². The molecule has 0 bridgehead atoms. The third-order valence-electron chi connectivity index (χ3n) is 23.1. The number of fused-ring (bicyclic) bond motifs is 7. The van der Waals surface area contributed by atoms with Crippen LogP contribution < -0.4 is 4.90 Å². The van der Waals surface area contributed by atoms with Crippen molar-refractivity contribution >= 4 is 38.6 Å². The number of aryl methyl sites for hydroxylation is 9. The highest BCUT2D eigenvalue weighted by molar-refractivity contribution is 6.30. The van der Waals surface area contributed by atoms with Gasteiger partial charge in [0.15, 0.2) is 0 Å². The molecule has 568 valence electrons. The van der Waals surface area contributed by atoms with Crippen LogP contribution in [0.25, 0.3) is 99.4 Å². The van der Waals surface area contributed by atoms with E-state index in [0.717, 1.165) is 0 Å². The molecule has 0 spiro atoms. The molecule has 113 heavy (non-hydrogen) atoms. The number of rotatable bonds is 21. The van der Waals surface area contributed by atoms with Crippen LogP contribution in [0.15, 0.2) is 328 Å². The van der Waals surface area contributed by atoms with Crippen LogP contribution in [0, 0.1) is 62.3 Å². The van der Waals surface area contributed by atoms with E-state index in [-0.39, 0.29) is 5.41 Å². The van der Waals surface area contributed by atoms with Crippen LogP contribution in [-0.2, 0) is 5.41 Å². The van der Waals surface area contributed by atoms with Gasteiger partial charge in [-0.1, -0.05) is 432 Å². The van der Waals surface area contributed by atoms with Gasteiger partial charge in [-0.05, 0) is 222 Å². The first-order valence-corrected chi connectivity index (χ1v) is 41.9. The first kappa shape index (κ1) is 79.7. The highest BCUT2D eigenvalue weighted by atomic mass is 15.1. The fraction of sp³-hybridized carbons (Fsp3) is 0.232. The van der Waals surface area contributed by atoms with E-state index in [9.17, 15) is 0 Å². The van der Waals surface area contributed by atoms with E-state index in [1.54, 1.807) is 11.1 Å².